The molecule has 3 aromatic carbocycles. The molecule has 2 aliphatic heterocycles. The van der Waals surface area contributed by atoms with Crippen molar-refractivity contribution in [3.05, 3.63) is 108 Å². The van der Waals surface area contributed by atoms with Crippen LogP contribution in [0.2, 0.25) is 0 Å². The van der Waals surface area contributed by atoms with E-state index in [1.54, 1.807) is 0 Å². The molecule has 3 aliphatic rings. The number of alkyl carbamates (subject to hydrolysis) is 1. The third-order valence-corrected chi connectivity index (χ3v) is 11.2. The van der Waals surface area contributed by atoms with E-state index in [4.69, 9.17) is 86.9 Å². The average Bonchev–Trinajstić information content (AvgIpc) is 4.14. The molecule has 0 unspecified atom stereocenters. The highest BCUT2D eigenvalue weighted by Crippen LogP contribution is 2.39. The summed E-state index contributed by atoms with van der Waals surface area (Å²) in [6.45, 7) is 4.72. The first-order valence-corrected chi connectivity index (χ1v) is 22.8. The van der Waals surface area contributed by atoms with Crippen molar-refractivity contribution in [2.45, 2.75) is 132 Å². The number of rotatable bonds is 21. The molecular formula is C47H56Cl3NO15. The maximum atomic E-state index is 13.5. The summed E-state index contributed by atoms with van der Waals surface area (Å²) in [5.41, 5.74) is 2.64. The predicted molar refractivity (Wildman–Crippen MR) is 238 cm³/mol. The zero-order valence-electron chi connectivity index (χ0n) is 37.0. The maximum Gasteiger partial charge on any atom is 0.407 e. The van der Waals surface area contributed by atoms with Gasteiger partial charge in [0, 0.05) is 20.8 Å². The Balaban J connectivity index is 1.43. The number of carbonyl (C=O) groups excluding carboxylic acids is 4. The largest absolute Gasteiger partial charge is 0.463 e. The fraction of sp³-hybridized carbons (Fsp3) is 0.532. The lowest BCUT2D eigenvalue weighted by molar-refractivity contribution is -0.370. The Morgan fingerprint density at radius 3 is 1.68 bits per heavy atom. The van der Waals surface area contributed by atoms with E-state index in [-0.39, 0.29) is 38.4 Å². The van der Waals surface area contributed by atoms with Gasteiger partial charge in [-0.1, -0.05) is 126 Å². The van der Waals surface area contributed by atoms with Gasteiger partial charge in [0.25, 0.3) is 0 Å². The summed E-state index contributed by atoms with van der Waals surface area (Å²) in [5, 5.41) is 2.60. The van der Waals surface area contributed by atoms with Crippen LogP contribution in [0.1, 0.15) is 57.2 Å². The summed E-state index contributed by atoms with van der Waals surface area (Å²) >= 11 is 17.7. The Hall–Kier alpha value is -4.07. The third kappa shape index (κ3) is 16.0. The molecular weight excluding hydrogens is 925 g/mol. The minimum absolute atomic E-state index is 0.0478. The van der Waals surface area contributed by atoms with Gasteiger partial charge in [0.05, 0.1) is 32.5 Å². The topological polar surface area (TPSA) is 182 Å². The Kier molecular flexibility index (Phi) is 19.3. The van der Waals surface area contributed by atoms with E-state index in [1.165, 1.54) is 6.92 Å². The highest BCUT2D eigenvalue weighted by atomic mass is 35.6. The van der Waals surface area contributed by atoms with Crippen molar-refractivity contribution in [3.8, 4) is 0 Å². The number of hydrogen-bond acceptors (Lipinski definition) is 15. The molecule has 0 bridgehead atoms. The molecule has 16 nitrogen and oxygen atoms in total. The molecule has 6 rings (SSSR count). The maximum absolute atomic E-state index is 13.5. The van der Waals surface area contributed by atoms with Gasteiger partial charge < -0.3 is 57.4 Å². The quantitative estimate of drug-likeness (QED) is 0.0660. The molecule has 0 radical (unpaired) electrons. The van der Waals surface area contributed by atoms with E-state index in [2.05, 4.69) is 5.32 Å². The lowest BCUT2D eigenvalue weighted by atomic mass is 9.95. The van der Waals surface area contributed by atoms with E-state index in [9.17, 15) is 19.2 Å². The Labute approximate surface area is 398 Å². The van der Waals surface area contributed by atoms with Crippen molar-refractivity contribution in [2.75, 3.05) is 19.8 Å². The van der Waals surface area contributed by atoms with Crippen molar-refractivity contribution in [1.82, 2.24) is 5.32 Å². The molecule has 11 atom stereocenters. The molecule has 1 aliphatic carbocycles. The van der Waals surface area contributed by atoms with Gasteiger partial charge in [-0.2, -0.15) is 0 Å². The smallest absolute Gasteiger partial charge is 0.407 e. The van der Waals surface area contributed by atoms with Crippen LogP contribution in [0, 0.1) is 5.92 Å². The standard InChI is InChI=1S/C47H56Cl3NO15/c1-28(35-20-21-35)61-45-43(66-44-38(51-46(55)60-27-47(48,49)50)41(63-31(4)54)40(62-30(3)53)37(64-44)26-57-29(2)52)42(59-24-34-18-12-7-13-19-34)39(58-23-33-16-10-6-11-17-33)36(65-45)25-56-22-32-14-8-5-9-15-32/h5-19,28,35-45H,20-27H2,1-4H3,(H,51,55)/t28-,36+,37+,38+,39+,40+,41+,42-,43-,44-,45-/m0/s1. The van der Waals surface area contributed by atoms with Gasteiger partial charge in [0.2, 0.25) is 3.79 Å². The van der Waals surface area contributed by atoms with Crippen LogP contribution in [0.4, 0.5) is 4.79 Å². The fourth-order valence-electron chi connectivity index (χ4n) is 7.60. The summed E-state index contributed by atoms with van der Waals surface area (Å²) < 4.78 is 67.1. The number of halogens is 3. The molecule has 360 valence electrons. The fourth-order valence-corrected chi connectivity index (χ4v) is 7.76. The predicted octanol–water partition coefficient (Wildman–Crippen LogP) is 6.92. The first-order chi connectivity index (χ1) is 31.6. The van der Waals surface area contributed by atoms with Crippen molar-refractivity contribution >= 4 is 58.8 Å². The summed E-state index contributed by atoms with van der Waals surface area (Å²) in [7, 11) is 0. The van der Waals surface area contributed by atoms with Crippen LogP contribution in [0.5, 0.6) is 0 Å². The second kappa shape index (κ2) is 24.8. The van der Waals surface area contributed by atoms with Gasteiger partial charge in [0.1, 0.15) is 49.8 Å². The van der Waals surface area contributed by atoms with Gasteiger partial charge in [-0.3, -0.25) is 14.4 Å². The SMILES string of the molecule is CC(=O)OC[C@H]1O[C@@H](O[C@@H]2[C@@H](O[C@@H](C)C3CC3)O[C@H](COCc3ccccc3)[C@@H](OCc3ccccc3)[C@@H]2OCc2ccccc2)[C@H](NC(=O)OCC(Cl)(Cl)Cl)[C@@H](OC(C)=O)[C@@H]1OC(C)=O. The summed E-state index contributed by atoms with van der Waals surface area (Å²) in [4.78, 5) is 51.2. The van der Waals surface area contributed by atoms with Gasteiger partial charge in [-0.25, -0.2) is 4.79 Å². The summed E-state index contributed by atoms with van der Waals surface area (Å²) in [5.74, 6) is -2.09. The summed E-state index contributed by atoms with van der Waals surface area (Å²) in [6.07, 6.45) is -10.8. The van der Waals surface area contributed by atoms with E-state index in [0.29, 0.717) is 0 Å². The minimum atomic E-state index is -2.00. The highest BCUT2D eigenvalue weighted by Gasteiger charge is 2.56. The first kappa shape index (κ1) is 51.3. The molecule has 0 aromatic heterocycles. The lowest BCUT2D eigenvalue weighted by Gasteiger charge is -2.50. The van der Waals surface area contributed by atoms with Gasteiger partial charge in [0.15, 0.2) is 24.8 Å². The normalized spacial score (nSPS) is 27.0. The van der Waals surface area contributed by atoms with Crippen LogP contribution in [-0.2, 0) is 86.3 Å². The molecule has 3 aromatic rings. The van der Waals surface area contributed by atoms with Gasteiger partial charge >= 0.3 is 24.0 Å². The number of amides is 1. The Morgan fingerprint density at radius 1 is 0.636 bits per heavy atom. The lowest BCUT2D eigenvalue weighted by Crippen LogP contribution is -2.69. The molecule has 66 heavy (non-hydrogen) atoms. The molecule has 3 fully saturated rings. The van der Waals surface area contributed by atoms with Crippen LogP contribution < -0.4 is 5.32 Å². The second-order valence-electron chi connectivity index (χ2n) is 16.2. The van der Waals surface area contributed by atoms with Gasteiger partial charge in [-0.15, -0.1) is 0 Å². The molecule has 2 heterocycles. The van der Waals surface area contributed by atoms with Crippen molar-refractivity contribution in [2.24, 2.45) is 5.92 Å². The number of benzene rings is 3. The molecule has 1 amide bonds. The highest BCUT2D eigenvalue weighted by molar-refractivity contribution is 6.67. The van der Waals surface area contributed by atoms with E-state index >= 15 is 0 Å². The van der Waals surface area contributed by atoms with Crippen LogP contribution in [0.15, 0.2) is 91.0 Å². The number of ether oxygens (including phenoxy) is 11. The van der Waals surface area contributed by atoms with Gasteiger partial charge in [-0.05, 0) is 42.4 Å². The van der Waals surface area contributed by atoms with Crippen LogP contribution in [0.3, 0.4) is 0 Å². The monoisotopic (exact) mass is 979 g/mol. The van der Waals surface area contributed by atoms with E-state index in [1.807, 2.05) is 97.9 Å². The molecule has 19 heteroatoms. The number of nitrogens with one attached hydrogen (secondary N) is 1. The zero-order valence-corrected chi connectivity index (χ0v) is 39.3. The number of esters is 3. The van der Waals surface area contributed by atoms with Crippen LogP contribution in [0.25, 0.3) is 0 Å². The number of alkyl halides is 3. The molecule has 1 saturated carbocycles. The van der Waals surface area contributed by atoms with Crippen molar-refractivity contribution < 1.29 is 71.3 Å². The van der Waals surface area contributed by atoms with Crippen molar-refractivity contribution in [3.63, 3.8) is 0 Å². The van der Waals surface area contributed by atoms with E-state index in [0.717, 1.165) is 43.4 Å². The van der Waals surface area contributed by atoms with Crippen LogP contribution in [-0.4, -0.2) is 115 Å². The summed E-state index contributed by atoms with van der Waals surface area (Å²) in [6, 6.07) is 27.2. The molecule has 0 spiro atoms. The Morgan fingerprint density at radius 2 is 1.15 bits per heavy atom. The average molecular weight is 981 g/mol. The number of hydrogen-bond donors (Lipinski definition) is 1. The van der Waals surface area contributed by atoms with Crippen LogP contribution >= 0.6 is 34.8 Å². The molecule has 2 saturated heterocycles. The van der Waals surface area contributed by atoms with Crippen molar-refractivity contribution in [1.29, 1.82) is 0 Å². The Bertz CT molecular complexity index is 1990. The van der Waals surface area contributed by atoms with E-state index < -0.39 is 102 Å². The first-order valence-electron chi connectivity index (χ1n) is 21.7. The zero-order chi connectivity index (χ0) is 47.2. The molecule has 1 N–H and O–H groups in total. The number of carbonyl (C=O) groups is 4. The minimum Gasteiger partial charge on any atom is -0.463 e. The second-order valence-corrected chi connectivity index (χ2v) is 18.7. The third-order valence-electron chi connectivity index (χ3n) is 10.8.